The first kappa shape index (κ1) is 11.4. The van der Waals surface area contributed by atoms with Crippen LogP contribution < -0.4 is 10.5 Å². The van der Waals surface area contributed by atoms with Crippen LogP contribution in [0.1, 0.15) is 11.1 Å². The van der Waals surface area contributed by atoms with Crippen molar-refractivity contribution in [1.82, 2.24) is 0 Å². The SMILES string of the molecule is COC(=O)Cc1ccc(C)c(N)c1OC. The van der Waals surface area contributed by atoms with E-state index in [4.69, 9.17) is 10.5 Å². The van der Waals surface area contributed by atoms with Gasteiger partial charge in [-0.25, -0.2) is 0 Å². The molecule has 15 heavy (non-hydrogen) atoms. The maximum Gasteiger partial charge on any atom is 0.310 e. The van der Waals surface area contributed by atoms with Crippen LogP contribution in [0.4, 0.5) is 5.69 Å². The summed E-state index contributed by atoms with van der Waals surface area (Å²) in [5, 5.41) is 0. The Morgan fingerprint density at radius 1 is 1.40 bits per heavy atom. The third kappa shape index (κ3) is 2.40. The summed E-state index contributed by atoms with van der Waals surface area (Å²) in [6.45, 7) is 1.89. The third-order valence-corrected chi connectivity index (χ3v) is 2.26. The highest BCUT2D eigenvalue weighted by molar-refractivity contribution is 5.75. The van der Waals surface area contributed by atoms with Gasteiger partial charge < -0.3 is 15.2 Å². The lowest BCUT2D eigenvalue weighted by Crippen LogP contribution is -2.07. The molecular weight excluding hydrogens is 194 g/mol. The summed E-state index contributed by atoms with van der Waals surface area (Å²) in [6, 6.07) is 3.68. The Hall–Kier alpha value is -1.71. The van der Waals surface area contributed by atoms with E-state index in [9.17, 15) is 4.79 Å². The maximum atomic E-state index is 11.1. The van der Waals surface area contributed by atoms with Gasteiger partial charge >= 0.3 is 5.97 Å². The van der Waals surface area contributed by atoms with Crippen molar-refractivity contribution in [2.24, 2.45) is 0 Å². The quantitative estimate of drug-likeness (QED) is 0.602. The molecule has 0 aliphatic rings. The van der Waals surface area contributed by atoms with Crippen LogP contribution in [0.15, 0.2) is 12.1 Å². The fourth-order valence-corrected chi connectivity index (χ4v) is 1.35. The summed E-state index contributed by atoms with van der Waals surface area (Å²) in [5.41, 5.74) is 8.08. The van der Waals surface area contributed by atoms with Gasteiger partial charge in [-0.15, -0.1) is 0 Å². The minimum Gasteiger partial charge on any atom is -0.494 e. The number of nitrogens with two attached hydrogens (primary N) is 1. The highest BCUT2D eigenvalue weighted by atomic mass is 16.5. The van der Waals surface area contributed by atoms with Crippen molar-refractivity contribution in [1.29, 1.82) is 0 Å². The molecule has 82 valence electrons. The molecule has 1 aromatic rings. The number of carbonyl (C=O) groups excluding carboxylic acids is 1. The summed E-state index contributed by atoms with van der Waals surface area (Å²) < 4.78 is 9.76. The molecule has 0 atom stereocenters. The average Bonchev–Trinajstić information content (AvgIpc) is 2.24. The zero-order valence-electron chi connectivity index (χ0n) is 9.16. The number of benzene rings is 1. The molecule has 0 amide bonds. The molecule has 0 aromatic heterocycles. The highest BCUT2D eigenvalue weighted by Crippen LogP contribution is 2.29. The van der Waals surface area contributed by atoms with Crippen molar-refractivity contribution in [3.63, 3.8) is 0 Å². The van der Waals surface area contributed by atoms with Crippen LogP contribution in [0.3, 0.4) is 0 Å². The third-order valence-electron chi connectivity index (χ3n) is 2.26. The van der Waals surface area contributed by atoms with Crippen molar-refractivity contribution < 1.29 is 14.3 Å². The van der Waals surface area contributed by atoms with E-state index in [-0.39, 0.29) is 12.4 Å². The van der Waals surface area contributed by atoms with E-state index in [2.05, 4.69) is 4.74 Å². The molecule has 0 aliphatic heterocycles. The van der Waals surface area contributed by atoms with Gasteiger partial charge in [-0.1, -0.05) is 12.1 Å². The molecule has 4 heteroatoms. The fourth-order valence-electron chi connectivity index (χ4n) is 1.35. The van der Waals surface area contributed by atoms with Crippen molar-refractivity contribution >= 4 is 11.7 Å². The Morgan fingerprint density at radius 3 is 2.60 bits per heavy atom. The summed E-state index contributed by atoms with van der Waals surface area (Å²) in [4.78, 5) is 11.1. The van der Waals surface area contributed by atoms with Crippen LogP contribution in [0.25, 0.3) is 0 Å². The van der Waals surface area contributed by atoms with E-state index >= 15 is 0 Å². The van der Waals surface area contributed by atoms with Gasteiger partial charge in [0.1, 0.15) is 5.75 Å². The first-order valence-electron chi connectivity index (χ1n) is 4.59. The fraction of sp³-hybridized carbons (Fsp3) is 0.364. The highest BCUT2D eigenvalue weighted by Gasteiger charge is 2.12. The van der Waals surface area contributed by atoms with E-state index in [1.165, 1.54) is 14.2 Å². The molecule has 4 nitrogen and oxygen atoms in total. The molecule has 0 bridgehead atoms. The Kier molecular flexibility index (Phi) is 3.55. The summed E-state index contributed by atoms with van der Waals surface area (Å²) in [7, 11) is 2.89. The number of aryl methyl sites for hydroxylation is 1. The van der Waals surface area contributed by atoms with Gasteiger partial charge in [-0.3, -0.25) is 4.79 Å². The van der Waals surface area contributed by atoms with E-state index in [0.717, 1.165) is 11.1 Å². The van der Waals surface area contributed by atoms with Gasteiger partial charge in [0, 0.05) is 5.56 Å². The number of nitrogen functional groups attached to an aromatic ring is 1. The van der Waals surface area contributed by atoms with Crippen LogP contribution in [0.5, 0.6) is 5.75 Å². The lowest BCUT2D eigenvalue weighted by Gasteiger charge is -2.12. The predicted octanol–water partition coefficient (Wildman–Crippen LogP) is 1.30. The normalized spacial score (nSPS) is 9.80. The zero-order chi connectivity index (χ0) is 11.4. The Bertz CT molecular complexity index is 374. The molecule has 0 unspecified atom stereocenters. The summed E-state index contributed by atoms with van der Waals surface area (Å²) >= 11 is 0. The van der Waals surface area contributed by atoms with Gasteiger partial charge in [0.2, 0.25) is 0 Å². The van der Waals surface area contributed by atoms with Crippen molar-refractivity contribution in [2.45, 2.75) is 13.3 Å². The largest absolute Gasteiger partial charge is 0.494 e. The van der Waals surface area contributed by atoms with Gasteiger partial charge in [-0.2, -0.15) is 0 Å². The van der Waals surface area contributed by atoms with E-state index < -0.39 is 0 Å². The number of hydrogen-bond donors (Lipinski definition) is 1. The smallest absolute Gasteiger partial charge is 0.310 e. The van der Waals surface area contributed by atoms with Gasteiger partial charge in [0.25, 0.3) is 0 Å². The van der Waals surface area contributed by atoms with Gasteiger partial charge in [0.15, 0.2) is 0 Å². The van der Waals surface area contributed by atoms with Gasteiger partial charge in [0.05, 0.1) is 26.3 Å². The monoisotopic (exact) mass is 209 g/mol. The molecule has 0 radical (unpaired) electrons. The van der Waals surface area contributed by atoms with Crippen molar-refractivity contribution in [3.05, 3.63) is 23.3 Å². The number of carbonyl (C=O) groups is 1. The molecule has 1 aromatic carbocycles. The average molecular weight is 209 g/mol. The van der Waals surface area contributed by atoms with Crippen molar-refractivity contribution in [2.75, 3.05) is 20.0 Å². The second-order valence-corrected chi connectivity index (χ2v) is 3.24. The number of ether oxygens (including phenoxy) is 2. The molecule has 2 N–H and O–H groups in total. The Labute approximate surface area is 89.0 Å². The van der Waals surface area contributed by atoms with E-state index in [1.54, 1.807) is 0 Å². The lowest BCUT2D eigenvalue weighted by atomic mass is 10.1. The Balaban J connectivity index is 3.07. The summed E-state index contributed by atoms with van der Waals surface area (Å²) in [5.74, 6) is 0.247. The first-order valence-corrected chi connectivity index (χ1v) is 4.59. The van der Waals surface area contributed by atoms with Crippen LogP contribution in [-0.4, -0.2) is 20.2 Å². The minimum atomic E-state index is -0.309. The van der Waals surface area contributed by atoms with Crippen LogP contribution in [0, 0.1) is 6.92 Å². The first-order chi connectivity index (χ1) is 7.10. The molecule has 0 spiro atoms. The molecule has 1 rings (SSSR count). The number of rotatable bonds is 3. The molecule has 0 heterocycles. The number of anilines is 1. The molecule has 0 saturated carbocycles. The second kappa shape index (κ2) is 4.68. The minimum absolute atomic E-state index is 0.171. The molecular formula is C11H15NO3. The number of esters is 1. The van der Waals surface area contributed by atoms with Crippen molar-refractivity contribution in [3.8, 4) is 5.75 Å². The predicted molar refractivity (Wildman–Crippen MR) is 57.9 cm³/mol. The molecule has 0 aliphatic carbocycles. The Morgan fingerprint density at radius 2 is 2.07 bits per heavy atom. The lowest BCUT2D eigenvalue weighted by molar-refractivity contribution is -0.139. The number of hydrogen-bond acceptors (Lipinski definition) is 4. The molecule has 0 fully saturated rings. The van der Waals surface area contributed by atoms with Crippen LogP contribution >= 0.6 is 0 Å². The number of methoxy groups -OCH3 is 2. The molecule has 0 saturated heterocycles. The topological polar surface area (TPSA) is 61.5 Å². The zero-order valence-corrected chi connectivity index (χ0v) is 9.16. The van der Waals surface area contributed by atoms with E-state index in [0.29, 0.717) is 11.4 Å². The van der Waals surface area contributed by atoms with Gasteiger partial charge in [-0.05, 0) is 12.5 Å². The second-order valence-electron chi connectivity index (χ2n) is 3.24. The standard InChI is InChI=1S/C11H15NO3/c1-7-4-5-8(6-9(13)14-2)11(15-3)10(7)12/h4-5H,6,12H2,1-3H3. The van der Waals surface area contributed by atoms with Crippen LogP contribution in [0.2, 0.25) is 0 Å². The maximum absolute atomic E-state index is 11.1. The van der Waals surface area contributed by atoms with Crippen LogP contribution in [-0.2, 0) is 16.0 Å². The summed E-state index contributed by atoms with van der Waals surface area (Å²) in [6.07, 6.45) is 0.171. The van der Waals surface area contributed by atoms with E-state index in [1.807, 2.05) is 19.1 Å².